The molecule has 2 amide bonds. The Kier molecular flexibility index (Phi) is 6.56. The maximum absolute atomic E-state index is 12.2. The molecule has 0 fully saturated rings. The van der Waals surface area contributed by atoms with Crippen LogP contribution in [0.1, 0.15) is 15.9 Å². The summed E-state index contributed by atoms with van der Waals surface area (Å²) >= 11 is 5.65. The van der Waals surface area contributed by atoms with Gasteiger partial charge in [0.05, 0.1) is 12.4 Å². The predicted octanol–water partition coefficient (Wildman–Crippen LogP) is 2.75. The molecule has 1 aromatic carbocycles. The molecule has 0 saturated heterocycles. The van der Waals surface area contributed by atoms with E-state index in [9.17, 15) is 22.8 Å². The van der Waals surface area contributed by atoms with Crippen LogP contribution in [-0.2, 0) is 4.79 Å². The fourth-order valence-electron chi connectivity index (χ4n) is 1.90. The van der Waals surface area contributed by atoms with Crippen molar-refractivity contribution in [3.63, 3.8) is 0 Å². The lowest BCUT2D eigenvalue weighted by atomic mass is 10.1. The van der Waals surface area contributed by atoms with E-state index in [4.69, 9.17) is 16.3 Å². The molecule has 0 spiro atoms. The van der Waals surface area contributed by atoms with Crippen molar-refractivity contribution in [1.82, 2.24) is 15.3 Å². The summed E-state index contributed by atoms with van der Waals surface area (Å²) in [6, 6.07) is 4.13. The molecule has 2 N–H and O–H groups in total. The smallest absolute Gasteiger partial charge is 0.405 e. The van der Waals surface area contributed by atoms with Crippen molar-refractivity contribution in [2.75, 3.05) is 18.5 Å². The van der Waals surface area contributed by atoms with E-state index in [2.05, 4.69) is 15.3 Å². The molecule has 0 atom stereocenters. The number of hydrogen-bond donors (Lipinski definition) is 2. The summed E-state index contributed by atoms with van der Waals surface area (Å²) in [6.07, 6.45) is -1.94. The number of carbonyl (C=O) groups is 2. The molecule has 0 saturated carbocycles. The van der Waals surface area contributed by atoms with Crippen LogP contribution in [-0.4, -0.2) is 41.1 Å². The van der Waals surface area contributed by atoms with Gasteiger partial charge in [0.1, 0.15) is 6.54 Å². The zero-order chi connectivity index (χ0) is 20.0. The van der Waals surface area contributed by atoms with Crippen molar-refractivity contribution in [2.24, 2.45) is 0 Å². The molecule has 0 aliphatic carbocycles. The van der Waals surface area contributed by atoms with E-state index in [0.717, 1.165) is 0 Å². The summed E-state index contributed by atoms with van der Waals surface area (Å²) in [5.41, 5.74) is 0.848. The minimum atomic E-state index is -4.52. The van der Waals surface area contributed by atoms with Crippen LogP contribution >= 0.6 is 11.6 Å². The first-order chi connectivity index (χ1) is 12.6. The number of amides is 2. The molecule has 2 rings (SSSR count). The number of benzene rings is 1. The first kappa shape index (κ1) is 20.4. The fraction of sp³-hybridized carbons (Fsp3) is 0.250. The van der Waals surface area contributed by atoms with Crippen molar-refractivity contribution >= 4 is 29.1 Å². The van der Waals surface area contributed by atoms with E-state index in [0.29, 0.717) is 5.56 Å². The highest BCUT2D eigenvalue weighted by Crippen LogP contribution is 2.18. The SMILES string of the molecule is Cc1ccc(C(=O)NCC(F)(F)F)cc1NC(=O)COc1cncc(Cl)n1. The van der Waals surface area contributed by atoms with Crippen molar-refractivity contribution in [2.45, 2.75) is 13.1 Å². The van der Waals surface area contributed by atoms with Crippen molar-refractivity contribution < 1.29 is 27.5 Å². The van der Waals surface area contributed by atoms with Gasteiger partial charge in [0.2, 0.25) is 5.88 Å². The Morgan fingerprint density at radius 2 is 2.00 bits per heavy atom. The van der Waals surface area contributed by atoms with Crippen LogP contribution in [0, 0.1) is 6.92 Å². The lowest BCUT2D eigenvalue weighted by Crippen LogP contribution is -2.33. The molecule has 27 heavy (non-hydrogen) atoms. The van der Waals surface area contributed by atoms with Gasteiger partial charge in [-0.15, -0.1) is 0 Å². The molecule has 0 bridgehead atoms. The van der Waals surface area contributed by atoms with Crippen LogP contribution in [0.25, 0.3) is 0 Å². The van der Waals surface area contributed by atoms with Crippen molar-refractivity contribution in [3.05, 3.63) is 46.9 Å². The second-order valence-corrected chi connectivity index (χ2v) is 5.73. The van der Waals surface area contributed by atoms with Gasteiger partial charge in [-0.2, -0.15) is 18.2 Å². The number of nitrogens with zero attached hydrogens (tertiary/aromatic N) is 2. The van der Waals surface area contributed by atoms with Gasteiger partial charge in [0.15, 0.2) is 11.8 Å². The average Bonchev–Trinajstić information content (AvgIpc) is 2.59. The van der Waals surface area contributed by atoms with E-state index in [1.54, 1.807) is 12.2 Å². The summed E-state index contributed by atoms with van der Waals surface area (Å²) in [5.74, 6) is -1.42. The van der Waals surface area contributed by atoms with Crippen molar-refractivity contribution in [3.8, 4) is 5.88 Å². The first-order valence-electron chi connectivity index (χ1n) is 7.50. The van der Waals surface area contributed by atoms with E-state index in [-0.39, 0.29) is 22.3 Å². The van der Waals surface area contributed by atoms with E-state index >= 15 is 0 Å². The first-order valence-corrected chi connectivity index (χ1v) is 7.87. The molecular formula is C16H14ClF3N4O3. The Hall–Kier alpha value is -2.88. The van der Waals surface area contributed by atoms with Gasteiger partial charge in [-0.25, -0.2) is 0 Å². The lowest BCUT2D eigenvalue weighted by Gasteiger charge is -2.12. The van der Waals surface area contributed by atoms with Crippen LogP contribution in [0.3, 0.4) is 0 Å². The minimum Gasteiger partial charge on any atom is -0.466 e. The molecule has 1 aromatic heterocycles. The maximum atomic E-state index is 12.2. The number of hydrogen-bond acceptors (Lipinski definition) is 5. The molecule has 0 aliphatic rings. The summed E-state index contributed by atoms with van der Waals surface area (Å²) < 4.78 is 41.7. The normalized spacial score (nSPS) is 11.0. The highest BCUT2D eigenvalue weighted by Gasteiger charge is 2.28. The number of carbonyl (C=O) groups excluding carboxylic acids is 2. The van der Waals surface area contributed by atoms with E-state index < -0.39 is 31.1 Å². The van der Waals surface area contributed by atoms with Gasteiger partial charge < -0.3 is 15.4 Å². The van der Waals surface area contributed by atoms with Gasteiger partial charge in [0.25, 0.3) is 11.8 Å². The van der Waals surface area contributed by atoms with E-state index in [1.165, 1.54) is 30.6 Å². The molecule has 11 heteroatoms. The number of rotatable bonds is 6. The van der Waals surface area contributed by atoms with Gasteiger partial charge in [-0.05, 0) is 24.6 Å². The maximum Gasteiger partial charge on any atom is 0.405 e. The monoisotopic (exact) mass is 402 g/mol. The van der Waals surface area contributed by atoms with Gasteiger partial charge in [-0.1, -0.05) is 17.7 Å². The fourth-order valence-corrected chi connectivity index (χ4v) is 2.04. The molecule has 1 heterocycles. The standard InChI is InChI=1S/C16H14ClF3N4O3/c1-9-2-3-10(15(26)22-8-16(18,19)20)4-11(9)23-13(25)7-27-14-6-21-5-12(17)24-14/h2-6H,7-8H2,1H3,(H,22,26)(H,23,25). The number of ether oxygens (including phenoxy) is 1. The number of aryl methyl sites for hydroxylation is 1. The Balaban J connectivity index is 1.98. The van der Waals surface area contributed by atoms with Crippen LogP contribution in [0.4, 0.5) is 18.9 Å². The lowest BCUT2D eigenvalue weighted by molar-refractivity contribution is -0.123. The third-order valence-electron chi connectivity index (χ3n) is 3.16. The Labute approximate surface area is 156 Å². The Bertz CT molecular complexity index is 846. The van der Waals surface area contributed by atoms with Gasteiger partial charge >= 0.3 is 6.18 Å². The summed E-state index contributed by atoms with van der Waals surface area (Å²) in [4.78, 5) is 31.4. The van der Waals surface area contributed by atoms with Crippen LogP contribution in [0.2, 0.25) is 5.15 Å². The topological polar surface area (TPSA) is 93.2 Å². The number of anilines is 1. The molecular weight excluding hydrogens is 389 g/mol. The third kappa shape index (κ3) is 6.74. The summed E-state index contributed by atoms with van der Waals surface area (Å²) in [7, 11) is 0. The predicted molar refractivity (Wildman–Crippen MR) is 90.7 cm³/mol. The number of nitrogens with one attached hydrogen (secondary N) is 2. The molecule has 0 unspecified atom stereocenters. The van der Waals surface area contributed by atoms with Gasteiger partial charge in [-0.3, -0.25) is 14.6 Å². The highest BCUT2D eigenvalue weighted by atomic mass is 35.5. The largest absolute Gasteiger partial charge is 0.466 e. The second-order valence-electron chi connectivity index (χ2n) is 5.34. The number of halogens is 4. The van der Waals surface area contributed by atoms with Gasteiger partial charge in [0, 0.05) is 11.3 Å². The molecule has 0 aliphatic heterocycles. The average molecular weight is 403 g/mol. The second kappa shape index (κ2) is 8.67. The van der Waals surface area contributed by atoms with Crippen LogP contribution in [0.5, 0.6) is 5.88 Å². The Morgan fingerprint density at radius 3 is 2.67 bits per heavy atom. The minimum absolute atomic E-state index is 0.0261. The zero-order valence-electron chi connectivity index (χ0n) is 13.9. The molecule has 7 nitrogen and oxygen atoms in total. The molecule has 144 valence electrons. The molecule has 0 radical (unpaired) electrons. The zero-order valence-corrected chi connectivity index (χ0v) is 14.7. The highest BCUT2D eigenvalue weighted by molar-refractivity contribution is 6.29. The summed E-state index contributed by atoms with van der Waals surface area (Å²) in [6.45, 7) is -0.189. The molecule has 2 aromatic rings. The number of aromatic nitrogens is 2. The number of alkyl halides is 3. The quantitative estimate of drug-likeness (QED) is 0.775. The van der Waals surface area contributed by atoms with E-state index in [1.807, 2.05) is 0 Å². The Morgan fingerprint density at radius 1 is 1.26 bits per heavy atom. The van der Waals surface area contributed by atoms with Crippen molar-refractivity contribution in [1.29, 1.82) is 0 Å². The van der Waals surface area contributed by atoms with Crippen LogP contribution in [0.15, 0.2) is 30.6 Å². The summed E-state index contributed by atoms with van der Waals surface area (Å²) in [5, 5.41) is 4.38. The van der Waals surface area contributed by atoms with Crippen LogP contribution < -0.4 is 15.4 Å². The third-order valence-corrected chi connectivity index (χ3v) is 3.34.